The predicted molar refractivity (Wildman–Crippen MR) is 137 cm³/mol. The molecule has 9 heteroatoms. The normalized spacial score (nSPS) is 27.7. The topological polar surface area (TPSA) is 68.2 Å². The molecule has 3 aliphatic rings. The Kier molecular flexibility index (Phi) is 6.68. The van der Waals surface area contributed by atoms with Gasteiger partial charge >= 0.3 is 12.1 Å². The second-order valence-electron chi connectivity index (χ2n) is 11.8. The minimum atomic E-state index is -4.60. The van der Waals surface area contributed by atoms with Crippen molar-refractivity contribution in [2.45, 2.75) is 64.9 Å². The smallest absolute Gasteiger partial charge is 0.397 e. The number of alkyl halides is 3. The highest BCUT2D eigenvalue weighted by atomic mass is 19.4. The monoisotopic (exact) mass is 530 g/mol. The van der Waals surface area contributed by atoms with Crippen LogP contribution in [0.4, 0.5) is 13.2 Å². The number of aliphatic imine (C=N–C) groups is 1. The molecule has 2 saturated carbocycles. The molecule has 38 heavy (non-hydrogen) atoms. The van der Waals surface area contributed by atoms with Gasteiger partial charge in [0, 0.05) is 24.1 Å². The van der Waals surface area contributed by atoms with Crippen molar-refractivity contribution in [2.75, 3.05) is 13.7 Å². The van der Waals surface area contributed by atoms with E-state index >= 15 is 0 Å². The number of carbonyl (C=O) groups is 2. The molecule has 2 aromatic carbocycles. The van der Waals surface area contributed by atoms with E-state index in [-0.39, 0.29) is 24.3 Å². The summed E-state index contributed by atoms with van der Waals surface area (Å²) < 4.78 is 50.7. The largest absolute Gasteiger partial charge is 0.497 e. The molecule has 1 saturated heterocycles. The number of amides is 1. The van der Waals surface area contributed by atoms with Gasteiger partial charge in [-0.25, -0.2) is 0 Å². The van der Waals surface area contributed by atoms with Gasteiger partial charge in [0.15, 0.2) is 0 Å². The maximum atomic E-state index is 13.2. The molecule has 1 heterocycles. The molecule has 2 aromatic rings. The van der Waals surface area contributed by atoms with Crippen molar-refractivity contribution in [2.24, 2.45) is 28.2 Å². The molecule has 3 bridgehead atoms. The Hall–Kier alpha value is -3.10. The van der Waals surface area contributed by atoms with E-state index in [9.17, 15) is 22.8 Å². The number of methoxy groups -OCH3 is 1. The molecule has 1 aliphatic heterocycles. The van der Waals surface area contributed by atoms with E-state index in [0.29, 0.717) is 13.0 Å². The first kappa shape index (κ1) is 26.5. The molecule has 2 aliphatic carbocycles. The summed E-state index contributed by atoms with van der Waals surface area (Å²) in [4.78, 5) is 32.0. The van der Waals surface area contributed by atoms with Gasteiger partial charge in [-0.1, -0.05) is 18.2 Å². The first-order chi connectivity index (χ1) is 17.8. The molecule has 1 amide bonds. The molecule has 6 nitrogen and oxygen atoms in total. The van der Waals surface area contributed by atoms with Crippen LogP contribution >= 0.6 is 0 Å². The van der Waals surface area contributed by atoms with E-state index in [4.69, 9.17) is 14.5 Å². The van der Waals surface area contributed by atoms with E-state index < -0.39 is 42.0 Å². The highest BCUT2D eigenvalue weighted by Crippen LogP contribution is 2.51. The number of benzene rings is 2. The van der Waals surface area contributed by atoms with Crippen LogP contribution in [0.5, 0.6) is 5.75 Å². The third-order valence-corrected chi connectivity index (χ3v) is 7.98. The molecule has 2 unspecified atom stereocenters. The minimum absolute atomic E-state index is 0.0615. The molecular weight excluding hydrogens is 497 g/mol. The van der Waals surface area contributed by atoms with Crippen molar-refractivity contribution in [3.8, 4) is 5.75 Å². The fourth-order valence-electron chi connectivity index (χ4n) is 6.27. The number of carbonyl (C=O) groups excluding carboxylic acids is 2. The molecule has 5 rings (SSSR count). The first-order valence-corrected chi connectivity index (χ1v) is 13.0. The summed E-state index contributed by atoms with van der Waals surface area (Å²) in [5, 5.41) is 2.10. The van der Waals surface area contributed by atoms with Gasteiger partial charge in [-0.2, -0.15) is 13.2 Å². The zero-order chi connectivity index (χ0) is 27.4. The number of fused-ring (bicyclic) bond motifs is 3. The van der Waals surface area contributed by atoms with Gasteiger partial charge in [-0.3, -0.25) is 14.6 Å². The van der Waals surface area contributed by atoms with Gasteiger partial charge in [-0.05, 0) is 74.1 Å². The molecular formula is C29H33F3N2O4. The van der Waals surface area contributed by atoms with Crippen LogP contribution in [0.25, 0.3) is 10.8 Å². The maximum Gasteiger partial charge on any atom is 0.397 e. The number of ether oxygens (including phenoxy) is 2. The molecule has 0 radical (unpaired) electrons. The average Bonchev–Trinajstić information content (AvgIpc) is 2.94. The zero-order valence-electron chi connectivity index (χ0n) is 22.0. The fourth-order valence-corrected chi connectivity index (χ4v) is 6.27. The summed E-state index contributed by atoms with van der Waals surface area (Å²) in [6, 6.07) is 11.3. The lowest BCUT2D eigenvalue weighted by molar-refractivity contribution is -0.173. The van der Waals surface area contributed by atoms with Gasteiger partial charge in [0.2, 0.25) is 5.91 Å². The van der Waals surface area contributed by atoms with Crippen LogP contribution in [0.2, 0.25) is 0 Å². The van der Waals surface area contributed by atoms with Gasteiger partial charge in [0.25, 0.3) is 0 Å². The Morgan fingerprint density at radius 1 is 1.03 bits per heavy atom. The van der Waals surface area contributed by atoms with E-state index in [1.165, 1.54) is 4.90 Å². The fraction of sp³-hybridized carbons (Fsp3) is 0.552. The van der Waals surface area contributed by atoms with Crippen LogP contribution in [0.15, 0.2) is 41.4 Å². The SMILES string of the molecule is COc1ccc2cc(C/N=C3\[C@H]4CC5C[C@@H]3C([C@H]4OC(=O)C(C)(C)C)N(C(=O)CC(F)(F)F)C5)ccc2c1. The van der Waals surface area contributed by atoms with E-state index in [2.05, 4.69) is 6.07 Å². The third-order valence-electron chi connectivity index (χ3n) is 7.98. The third kappa shape index (κ3) is 5.12. The minimum Gasteiger partial charge on any atom is -0.497 e. The predicted octanol–water partition coefficient (Wildman–Crippen LogP) is 5.57. The summed E-state index contributed by atoms with van der Waals surface area (Å²) in [6.07, 6.45) is -5.43. The van der Waals surface area contributed by atoms with Crippen molar-refractivity contribution in [3.63, 3.8) is 0 Å². The van der Waals surface area contributed by atoms with Crippen molar-refractivity contribution in [3.05, 3.63) is 42.0 Å². The average molecular weight is 531 g/mol. The Morgan fingerprint density at radius 2 is 1.71 bits per heavy atom. The standard InChI is InChI=1S/C29H33F3N2O4/c1-28(2,3)27(36)38-26-22-11-17-10-21(25(26)34(15-17)23(35)13-29(30,31)32)24(22)33-14-16-5-6-19-12-20(37-4)8-7-18(19)9-16/h5-9,12,17,21-22,25-26H,10-11,13-15H2,1-4H3/b33-24-/t17?,21-,22+,25?,26-/m0/s1. The first-order valence-electron chi connectivity index (χ1n) is 13.0. The van der Waals surface area contributed by atoms with Crippen molar-refractivity contribution in [1.29, 1.82) is 0 Å². The summed E-state index contributed by atoms with van der Waals surface area (Å²) in [5.41, 5.74) is 1.08. The Labute approximate surface area is 220 Å². The van der Waals surface area contributed by atoms with E-state index in [1.807, 2.05) is 30.3 Å². The van der Waals surface area contributed by atoms with Crippen LogP contribution in [0.1, 0.15) is 45.6 Å². The van der Waals surface area contributed by atoms with Crippen molar-refractivity contribution in [1.82, 2.24) is 4.90 Å². The highest BCUT2D eigenvalue weighted by molar-refractivity contribution is 5.95. The quantitative estimate of drug-likeness (QED) is 0.475. The van der Waals surface area contributed by atoms with Gasteiger partial charge < -0.3 is 14.4 Å². The summed E-state index contributed by atoms with van der Waals surface area (Å²) in [6.45, 7) is 5.88. The lowest BCUT2D eigenvalue weighted by atomic mass is 9.76. The molecule has 3 fully saturated rings. The van der Waals surface area contributed by atoms with Crippen LogP contribution in [-0.2, 0) is 20.9 Å². The molecule has 0 spiro atoms. The highest BCUT2D eigenvalue weighted by Gasteiger charge is 2.61. The van der Waals surface area contributed by atoms with Crippen LogP contribution < -0.4 is 4.74 Å². The van der Waals surface area contributed by atoms with Gasteiger partial charge in [0.05, 0.1) is 25.1 Å². The van der Waals surface area contributed by atoms with Crippen LogP contribution in [0.3, 0.4) is 0 Å². The maximum absolute atomic E-state index is 13.2. The van der Waals surface area contributed by atoms with Crippen LogP contribution in [-0.4, -0.2) is 54.5 Å². The van der Waals surface area contributed by atoms with Crippen molar-refractivity contribution >= 4 is 28.4 Å². The number of hydrogen-bond acceptors (Lipinski definition) is 5. The van der Waals surface area contributed by atoms with E-state index in [1.54, 1.807) is 27.9 Å². The number of hydrogen-bond donors (Lipinski definition) is 0. The molecule has 204 valence electrons. The number of rotatable bonds is 5. The van der Waals surface area contributed by atoms with Crippen molar-refractivity contribution < 1.29 is 32.2 Å². The number of nitrogens with zero attached hydrogens (tertiary/aromatic N) is 2. The molecule has 5 atom stereocenters. The summed E-state index contributed by atoms with van der Waals surface area (Å²) in [7, 11) is 1.63. The molecule has 0 aromatic heterocycles. The summed E-state index contributed by atoms with van der Waals surface area (Å²) in [5.74, 6) is -0.964. The van der Waals surface area contributed by atoms with Crippen LogP contribution in [0, 0.1) is 23.2 Å². The Balaban J connectivity index is 1.45. The number of halogens is 3. The molecule has 0 N–H and O–H groups in total. The second kappa shape index (κ2) is 9.58. The lowest BCUT2D eigenvalue weighted by Crippen LogP contribution is -2.54. The van der Waals surface area contributed by atoms with Gasteiger partial charge in [0.1, 0.15) is 18.3 Å². The van der Waals surface area contributed by atoms with E-state index in [0.717, 1.165) is 34.2 Å². The lowest BCUT2D eigenvalue weighted by Gasteiger charge is -2.43. The second-order valence-corrected chi connectivity index (χ2v) is 11.8. The summed E-state index contributed by atoms with van der Waals surface area (Å²) >= 11 is 0. The zero-order valence-corrected chi connectivity index (χ0v) is 22.0. The van der Waals surface area contributed by atoms with Gasteiger partial charge in [-0.15, -0.1) is 0 Å². The number of likely N-dealkylation sites (tertiary alicyclic amines) is 1. The Morgan fingerprint density at radius 3 is 2.39 bits per heavy atom. The Bertz CT molecular complexity index is 1280. The number of esters is 1. The number of piperidine rings is 1.